The molecule has 0 bridgehead atoms. The molecule has 0 amide bonds. The third kappa shape index (κ3) is 5.13. The molecule has 0 saturated carbocycles. The van der Waals surface area contributed by atoms with Crippen molar-refractivity contribution in [3.05, 3.63) is 54.1 Å². The van der Waals surface area contributed by atoms with Crippen molar-refractivity contribution in [1.82, 2.24) is 19.7 Å². The van der Waals surface area contributed by atoms with Crippen LogP contribution in [0.15, 0.2) is 36.8 Å². The number of nitrogens with one attached hydrogen (secondary N) is 1. The molecule has 1 N–H and O–H groups in total. The first kappa shape index (κ1) is 23.9. The van der Waals surface area contributed by atoms with Crippen LogP contribution in [0.2, 0.25) is 0 Å². The second-order valence-corrected chi connectivity index (χ2v) is 9.97. The number of aryl methyl sites for hydroxylation is 1. The van der Waals surface area contributed by atoms with Crippen LogP contribution in [-0.2, 0) is 23.2 Å². The first-order chi connectivity index (χ1) is 15.9. The standard InChI is InChI=1S/C21H22F4N6O2S/c1-30-12-27-28-20(30)13-5-7-31(8-6-13)19-16(14-3-4-18(22)26-11-14)9-15(21(23,24)25)10-17(19)29-34(2,32)33/h3-4,9-13,29H,5-8H2,1-2H3. The summed E-state index contributed by atoms with van der Waals surface area (Å²) in [7, 11) is -2.06. The average molecular weight is 499 g/mol. The molecule has 1 aromatic carbocycles. The molecule has 1 saturated heterocycles. The van der Waals surface area contributed by atoms with Crippen molar-refractivity contribution in [2.45, 2.75) is 24.9 Å². The van der Waals surface area contributed by atoms with Gasteiger partial charge in [0.2, 0.25) is 16.0 Å². The van der Waals surface area contributed by atoms with E-state index >= 15 is 0 Å². The molecule has 34 heavy (non-hydrogen) atoms. The number of halogens is 4. The molecule has 0 radical (unpaired) electrons. The van der Waals surface area contributed by atoms with E-state index in [9.17, 15) is 26.0 Å². The van der Waals surface area contributed by atoms with Crippen molar-refractivity contribution in [3.8, 4) is 11.1 Å². The van der Waals surface area contributed by atoms with Crippen molar-refractivity contribution in [1.29, 1.82) is 0 Å². The van der Waals surface area contributed by atoms with E-state index in [1.54, 1.807) is 6.33 Å². The molecule has 4 rings (SSSR count). The number of aromatic nitrogens is 4. The average Bonchev–Trinajstić information content (AvgIpc) is 3.18. The Bertz CT molecular complexity index is 1280. The summed E-state index contributed by atoms with van der Waals surface area (Å²) in [5.41, 5.74) is -0.618. The molecule has 1 fully saturated rings. The minimum Gasteiger partial charge on any atom is -0.369 e. The number of hydrogen-bond acceptors (Lipinski definition) is 6. The first-order valence-corrected chi connectivity index (χ1v) is 12.3. The third-order valence-corrected chi connectivity index (χ3v) is 6.28. The Morgan fingerprint density at radius 1 is 1.15 bits per heavy atom. The maximum Gasteiger partial charge on any atom is 0.416 e. The van der Waals surface area contributed by atoms with Crippen LogP contribution in [0, 0.1) is 5.95 Å². The number of piperidine rings is 1. The number of anilines is 2. The van der Waals surface area contributed by atoms with Crippen molar-refractivity contribution >= 4 is 21.4 Å². The van der Waals surface area contributed by atoms with Crippen LogP contribution >= 0.6 is 0 Å². The van der Waals surface area contributed by atoms with Gasteiger partial charge in [0, 0.05) is 43.4 Å². The van der Waals surface area contributed by atoms with Gasteiger partial charge in [0.15, 0.2) is 0 Å². The largest absolute Gasteiger partial charge is 0.416 e. The van der Waals surface area contributed by atoms with Crippen LogP contribution in [0.4, 0.5) is 28.9 Å². The number of pyridine rings is 1. The molecule has 0 aliphatic carbocycles. The van der Waals surface area contributed by atoms with E-state index < -0.39 is 27.7 Å². The zero-order valence-corrected chi connectivity index (χ0v) is 19.2. The number of alkyl halides is 3. The summed E-state index contributed by atoms with van der Waals surface area (Å²) in [6.45, 7) is 0.867. The van der Waals surface area contributed by atoms with Crippen molar-refractivity contribution in [2.24, 2.45) is 7.05 Å². The van der Waals surface area contributed by atoms with Crippen molar-refractivity contribution < 1.29 is 26.0 Å². The lowest BCUT2D eigenvalue weighted by molar-refractivity contribution is -0.137. The Kier molecular flexibility index (Phi) is 6.23. The Morgan fingerprint density at radius 2 is 1.85 bits per heavy atom. The van der Waals surface area contributed by atoms with Gasteiger partial charge in [0.25, 0.3) is 0 Å². The molecular formula is C21H22F4N6O2S. The topological polar surface area (TPSA) is 93.0 Å². The monoisotopic (exact) mass is 498 g/mol. The molecule has 0 unspecified atom stereocenters. The van der Waals surface area contributed by atoms with Gasteiger partial charge in [-0.15, -0.1) is 10.2 Å². The van der Waals surface area contributed by atoms with Gasteiger partial charge in [0.05, 0.1) is 23.2 Å². The molecule has 182 valence electrons. The fourth-order valence-corrected chi connectivity index (χ4v) is 4.75. The van der Waals surface area contributed by atoms with Crippen LogP contribution in [0.1, 0.15) is 30.1 Å². The highest BCUT2D eigenvalue weighted by atomic mass is 32.2. The number of nitrogens with zero attached hydrogens (tertiary/aromatic N) is 5. The van der Waals surface area contributed by atoms with Crippen molar-refractivity contribution in [3.63, 3.8) is 0 Å². The molecule has 0 atom stereocenters. The summed E-state index contributed by atoms with van der Waals surface area (Å²) in [4.78, 5) is 5.40. The fraction of sp³-hybridized carbons (Fsp3) is 0.381. The summed E-state index contributed by atoms with van der Waals surface area (Å²) in [5.74, 6) is 0.126. The molecular weight excluding hydrogens is 476 g/mol. The Morgan fingerprint density at radius 3 is 2.38 bits per heavy atom. The summed E-state index contributed by atoms with van der Waals surface area (Å²) < 4.78 is 82.7. The molecule has 8 nitrogen and oxygen atoms in total. The van der Waals surface area contributed by atoms with E-state index in [0.29, 0.717) is 25.9 Å². The van der Waals surface area contributed by atoms with Gasteiger partial charge in [-0.2, -0.15) is 17.6 Å². The normalized spacial score (nSPS) is 15.5. The molecule has 1 aliphatic heterocycles. The van der Waals surface area contributed by atoms with Crippen LogP contribution < -0.4 is 9.62 Å². The molecule has 13 heteroatoms. The Balaban J connectivity index is 1.82. The maximum atomic E-state index is 13.7. The molecule has 3 heterocycles. The van der Waals surface area contributed by atoms with Gasteiger partial charge >= 0.3 is 6.18 Å². The Hall–Kier alpha value is -3.22. The lowest BCUT2D eigenvalue weighted by atomic mass is 9.93. The quantitative estimate of drug-likeness (QED) is 0.425. The number of sulfonamides is 1. The minimum absolute atomic E-state index is 0.0976. The summed E-state index contributed by atoms with van der Waals surface area (Å²) >= 11 is 0. The summed E-state index contributed by atoms with van der Waals surface area (Å²) in [6.07, 6.45) is 0.138. The first-order valence-electron chi connectivity index (χ1n) is 10.4. The number of benzene rings is 1. The predicted octanol–water partition coefficient (Wildman–Crippen LogP) is 3.79. The SMILES string of the molecule is Cn1cnnc1C1CCN(c2c(NS(C)(=O)=O)cc(C(F)(F)F)cc2-c2ccc(F)nc2)CC1. The van der Waals surface area contributed by atoms with E-state index in [0.717, 1.165) is 36.5 Å². The molecule has 1 aliphatic rings. The highest BCUT2D eigenvalue weighted by Crippen LogP contribution is 2.44. The highest BCUT2D eigenvalue weighted by molar-refractivity contribution is 7.92. The van der Waals surface area contributed by atoms with E-state index in [4.69, 9.17) is 0 Å². The van der Waals surface area contributed by atoms with Gasteiger partial charge in [-0.05, 0) is 37.1 Å². The summed E-state index contributed by atoms with van der Waals surface area (Å²) in [5, 5.41) is 8.05. The second-order valence-electron chi connectivity index (χ2n) is 8.22. The van der Waals surface area contributed by atoms with Gasteiger partial charge in [0.1, 0.15) is 12.2 Å². The Labute approximate surface area is 193 Å². The molecule has 0 spiro atoms. The number of rotatable bonds is 5. The zero-order valence-electron chi connectivity index (χ0n) is 18.3. The fourth-order valence-electron chi connectivity index (χ4n) is 4.19. The van der Waals surface area contributed by atoms with E-state index in [1.165, 1.54) is 6.07 Å². The van der Waals surface area contributed by atoms with Gasteiger partial charge < -0.3 is 9.47 Å². The summed E-state index contributed by atoms with van der Waals surface area (Å²) in [6, 6.07) is 4.08. The molecule has 3 aromatic rings. The maximum absolute atomic E-state index is 13.7. The van der Waals surface area contributed by atoms with Gasteiger partial charge in [-0.1, -0.05) is 0 Å². The molecule has 2 aromatic heterocycles. The predicted molar refractivity (Wildman–Crippen MR) is 118 cm³/mol. The van der Waals surface area contributed by atoms with Crippen LogP contribution in [-0.4, -0.2) is 47.5 Å². The van der Waals surface area contributed by atoms with E-state index in [1.807, 2.05) is 16.5 Å². The van der Waals surface area contributed by atoms with Crippen LogP contribution in [0.3, 0.4) is 0 Å². The van der Waals surface area contributed by atoms with Crippen LogP contribution in [0.5, 0.6) is 0 Å². The lowest BCUT2D eigenvalue weighted by Crippen LogP contribution is -2.35. The van der Waals surface area contributed by atoms with E-state index in [2.05, 4.69) is 19.9 Å². The smallest absolute Gasteiger partial charge is 0.369 e. The van der Waals surface area contributed by atoms with Gasteiger partial charge in [-0.3, -0.25) is 4.72 Å². The lowest BCUT2D eigenvalue weighted by Gasteiger charge is -2.36. The zero-order chi connectivity index (χ0) is 24.7. The van der Waals surface area contributed by atoms with Crippen molar-refractivity contribution in [2.75, 3.05) is 29.0 Å². The highest BCUT2D eigenvalue weighted by Gasteiger charge is 2.35. The van der Waals surface area contributed by atoms with Crippen LogP contribution in [0.25, 0.3) is 11.1 Å². The van der Waals surface area contributed by atoms with E-state index in [-0.39, 0.29) is 28.4 Å². The third-order valence-electron chi connectivity index (χ3n) is 5.69. The van der Waals surface area contributed by atoms with Gasteiger partial charge in [-0.25, -0.2) is 13.4 Å². The second kappa shape index (κ2) is 8.85. The minimum atomic E-state index is -4.73. The number of hydrogen-bond donors (Lipinski definition) is 1.